The van der Waals surface area contributed by atoms with E-state index >= 15 is 0 Å². The Hall–Kier alpha value is -3.12. The van der Waals surface area contributed by atoms with E-state index < -0.39 is 0 Å². The first-order valence-corrected chi connectivity index (χ1v) is 8.77. The fourth-order valence-electron chi connectivity index (χ4n) is 2.89. The highest BCUT2D eigenvalue weighted by atomic mass is 16.5. The summed E-state index contributed by atoms with van der Waals surface area (Å²) in [5.41, 5.74) is 3.80. The number of carbonyl (C=O) groups is 1. The van der Waals surface area contributed by atoms with Crippen molar-refractivity contribution < 1.29 is 9.53 Å². The molecular formula is C21H24N4O2. The van der Waals surface area contributed by atoms with E-state index in [-0.39, 0.29) is 12.5 Å². The number of amides is 1. The Labute approximate surface area is 159 Å². The van der Waals surface area contributed by atoms with Gasteiger partial charge in [0.1, 0.15) is 5.75 Å². The first-order chi connectivity index (χ1) is 13.0. The van der Waals surface area contributed by atoms with Crippen molar-refractivity contribution in [3.63, 3.8) is 0 Å². The van der Waals surface area contributed by atoms with Crippen molar-refractivity contribution >= 4 is 11.6 Å². The van der Waals surface area contributed by atoms with Gasteiger partial charge in [0.05, 0.1) is 31.2 Å². The fraction of sp³-hybridized carbons (Fsp3) is 0.238. The summed E-state index contributed by atoms with van der Waals surface area (Å²) >= 11 is 0. The molecule has 0 fully saturated rings. The molecule has 0 spiro atoms. The molecule has 27 heavy (non-hydrogen) atoms. The predicted octanol–water partition coefficient (Wildman–Crippen LogP) is 3.26. The number of carbonyl (C=O) groups excluding carboxylic acids is 1. The Bertz CT molecular complexity index is 906. The molecule has 0 bridgehead atoms. The second kappa shape index (κ2) is 8.51. The highest BCUT2D eigenvalue weighted by molar-refractivity contribution is 5.93. The van der Waals surface area contributed by atoms with Gasteiger partial charge in [0.25, 0.3) is 0 Å². The highest BCUT2D eigenvalue weighted by Gasteiger charge is 2.12. The maximum Gasteiger partial charge on any atom is 0.238 e. The minimum absolute atomic E-state index is 0.0862. The van der Waals surface area contributed by atoms with Crippen molar-refractivity contribution in [2.45, 2.75) is 13.5 Å². The van der Waals surface area contributed by atoms with E-state index in [2.05, 4.69) is 10.4 Å². The average Bonchev–Trinajstić information content (AvgIpc) is 3.11. The molecule has 0 radical (unpaired) electrons. The number of anilines is 1. The summed E-state index contributed by atoms with van der Waals surface area (Å²) in [4.78, 5) is 14.3. The van der Waals surface area contributed by atoms with Crippen molar-refractivity contribution in [2.24, 2.45) is 0 Å². The first-order valence-electron chi connectivity index (χ1n) is 8.77. The third kappa shape index (κ3) is 4.95. The van der Waals surface area contributed by atoms with E-state index in [1.807, 2.05) is 84.5 Å². The van der Waals surface area contributed by atoms with Crippen LogP contribution in [0.3, 0.4) is 0 Å². The zero-order valence-corrected chi connectivity index (χ0v) is 15.8. The number of para-hydroxylation sites is 1. The maximum atomic E-state index is 12.4. The molecule has 0 aliphatic heterocycles. The average molecular weight is 364 g/mol. The Morgan fingerprint density at radius 2 is 2.00 bits per heavy atom. The number of ether oxygens (including phenoxy) is 1. The van der Waals surface area contributed by atoms with Gasteiger partial charge in [0.2, 0.25) is 5.91 Å². The Morgan fingerprint density at radius 3 is 2.74 bits per heavy atom. The smallest absolute Gasteiger partial charge is 0.238 e. The van der Waals surface area contributed by atoms with E-state index in [9.17, 15) is 4.79 Å². The third-order valence-electron chi connectivity index (χ3n) is 4.15. The van der Waals surface area contributed by atoms with E-state index in [4.69, 9.17) is 4.74 Å². The Balaban J connectivity index is 1.58. The lowest BCUT2D eigenvalue weighted by molar-refractivity contribution is -0.117. The lowest BCUT2D eigenvalue weighted by atomic mass is 10.2. The second-order valence-corrected chi connectivity index (χ2v) is 6.55. The largest absolute Gasteiger partial charge is 0.495 e. The molecule has 6 heteroatoms. The molecule has 3 rings (SSSR count). The predicted molar refractivity (Wildman–Crippen MR) is 106 cm³/mol. The van der Waals surface area contributed by atoms with Crippen LogP contribution >= 0.6 is 0 Å². The Morgan fingerprint density at radius 1 is 1.22 bits per heavy atom. The monoisotopic (exact) mass is 364 g/mol. The molecule has 0 atom stereocenters. The van der Waals surface area contributed by atoms with E-state index in [0.717, 1.165) is 16.8 Å². The minimum Gasteiger partial charge on any atom is -0.495 e. The van der Waals surface area contributed by atoms with Crippen molar-refractivity contribution in [1.82, 2.24) is 14.7 Å². The van der Waals surface area contributed by atoms with Crippen molar-refractivity contribution in [2.75, 3.05) is 26.0 Å². The molecule has 0 aliphatic rings. The number of hydrogen-bond donors (Lipinski definition) is 1. The number of rotatable bonds is 7. The molecule has 3 aromatic rings. The first kappa shape index (κ1) is 18.7. The maximum absolute atomic E-state index is 12.4. The molecule has 2 aromatic carbocycles. The molecule has 140 valence electrons. The number of hydrogen-bond acceptors (Lipinski definition) is 4. The van der Waals surface area contributed by atoms with Crippen LogP contribution in [0.15, 0.2) is 60.9 Å². The van der Waals surface area contributed by atoms with Crippen LogP contribution in [0, 0.1) is 6.92 Å². The molecule has 1 N–H and O–H groups in total. The van der Waals surface area contributed by atoms with Gasteiger partial charge in [-0.3, -0.25) is 9.69 Å². The lowest BCUT2D eigenvalue weighted by Gasteiger charge is -2.16. The van der Waals surface area contributed by atoms with Gasteiger partial charge in [-0.1, -0.05) is 24.3 Å². The van der Waals surface area contributed by atoms with Crippen LogP contribution in [0.4, 0.5) is 5.69 Å². The quantitative estimate of drug-likeness (QED) is 0.699. The summed E-state index contributed by atoms with van der Waals surface area (Å²) in [5.74, 6) is 0.567. The molecule has 0 saturated heterocycles. The van der Waals surface area contributed by atoms with Gasteiger partial charge in [-0.05, 0) is 43.8 Å². The van der Waals surface area contributed by atoms with Gasteiger partial charge < -0.3 is 10.1 Å². The number of methoxy groups -OCH3 is 1. The van der Waals surface area contributed by atoms with E-state index in [0.29, 0.717) is 18.0 Å². The van der Waals surface area contributed by atoms with Gasteiger partial charge in [0, 0.05) is 18.3 Å². The minimum atomic E-state index is -0.0862. The zero-order valence-electron chi connectivity index (χ0n) is 15.8. The number of benzene rings is 2. The van der Waals surface area contributed by atoms with Gasteiger partial charge in [-0.15, -0.1) is 0 Å². The number of aromatic nitrogens is 2. The van der Waals surface area contributed by atoms with Gasteiger partial charge in [0.15, 0.2) is 0 Å². The van der Waals surface area contributed by atoms with Crippen molar-refractivity contribution in [3.8, 4) is 11.4 Å². The third-order valence-corrected chi connectivity index (χ3v) is 4.15. The van der Waals surface area contributed by atoms with Gasteiger partial charge in [-0.2, -0.15) is 5.10 Å². The number of nitrogens with zero attached hydrogens (tertiary/aromatic N) is 3. The number of likely N-dealkylation sites (N-methyl/N-ethyl adjacent to an activating group) is 1. The molecular weight excluding hydrogens is 340 g/mol. The summed E-state index contributed by atoms with van der Waals surface area (Å²) < 4.78 is 7.14. The van der Waals surface area contributed by atoms with E-state index in [1.54, 1.807) is 7.11 Å². The second-order valence-electron chi connectivity index (χ2n) is 6.55. The lowest BCUT2D eigenvalue weighted by Crippen LogP contribution is -2.29. The van der Waals surface area contributed by atoms with Gasteiger partial charge in [-0.25, -0.2) is 4.68 Å². The normalized spacial score (nSPS) is 10.8. The van der Waals surface area contributed by atoms with Crippen LogP contribution in [0.25, 0.3) is 5.69 Å². The fourth-order valence-corrected chi connectivity index (χ4v) is 2.89. The number of aryl methyl sites for hydroxylation is 1. The van der Waals surface area contributed by atoms with E-state index in [1.165, 1.54) is 0 Å². The summed E-state index contributed by atoms with van der Waals surface area (Å²) in [6.07, 6.45) is 3.80. The van der Waals surface area contributed by atoms with Crippen molar-refractivity contribution in [1.29, 1.82) is 0 Å². The highest BCUT2D eigenvalue weighted by Crippen LogP contribution is 2.25. The van der Waals surface area contributed by atoms with Crippen molar-refractivity contribution in [3.05, 3.63) is 72.1 Å². The standard InChI is InChI=1S/C21H24N4O2/c1-16-9-10-20(27-3)19(11-16)23-21(26)15-24(2)13-17-12-22-25(14-17)18-7-5-4-6-8-18/h4-12,14H,13,15H2,1-3H3,(H,23,26). The Kier molecular flexibility index (Phi) is 5.88. The molecule has 0 saturated carbocycles. The molecule has 1 heterocycles. The molecule has 1 aromatic heterocycles. The van der Waals surface area contributed by atoms with Crippen LogP contribution in [-0.2, 0) is 11.3 Å². The summed E-state index contributed by atoms with van der Waals surface area (Å²) in [7, 11) is 3.50. The summed E-state index contributed by atoms with van der Waals surface area (Å²) in [5, 5.41) is 7.32. The SMILES string of the molecule is COc1ccc(C)cc1NC(=O)CN(C)Cc1cnn(-c2ccccc2)c1. The zero-order chi connectivity index (χ0) is 19.2. The molecule has 0 unspecified atom stereocenters. The topological polar surface area (TPSA) is 59.4 Å². The van der Waals surface area contributed by atoms with Crippen LogP contribution in [-0.4, -0.2) is 41.3 Å². The summed E-state index contributed by atoms with van der Waals surface area (Å²) in [6.45, 7) is 2.88. The van der Waals surface area contributed by atoms with Gasteiger partial charge >= 0.3 is 0 Å². The van der Waals surface area contributed by atoms with Crippen LogP contribution in [0.2, 0.25) is 0 Å². The molecule has 0 aliphatic carbocycles. The van der Waals surface area contributed by atoms with Crippen LogP contribution in [0.5, 0.6) is 5.75 Å². The van der Waals surface area contributed by atoms with Crippen LogP contribution in [0.1, 0.15) is 11.1 Å². The van der Waals surface area contributed by atoms with Crippen LogP contribution < -0.4 is 10.1 Å². The molecule has 1 amide bonds. The summed E-state index contributed by atoms with van der Waals surface area (Å²) in [6, 6.07) is 15.6. The number of nitrogens with one attached hydrogen (secondary N) is 1. The molecule has 6 nitrogen and oxygen atoms in total.